The van der Waals surface area contributed by atoms with Crippen molar-refractivity contribution < 1.29 is 4.79 Å². The second-order valence-electron chi connectivity index (χ2n) is 5.48. The smallest absolute Gasteiger partial charge is 0.261 e. The van der Waals surface area contributed by atoms with Gasteiger partial charge in [0.15, 0.2) is 0 Å². The summed E-state index contributed by atoms with van der Waals surface area (Å²) in [6.07, 6.45) is 1.60. The van der Waals surface area contributed by atoms with Crippen LogP contribution in [-0.2, 0) is 11.3 Å². The van der Waals surface area contributed by atoms with E-state index in [1.807, 2.05) is 30.3 Å². The number of carbonyl (C=O) groups is 1. The minimum atomic E-state index is -0.263. The molecule has 0 fully saturated rings. The maximum absolute atomic E-state index is 12.7. The molecule has 6 heteroatoms. The highest BCUT2D eigenvalue weighted by atomic mass is 16.2. The average molecular weight is 332 g/mol. The number of benzene rings is 2. The van der Waals surface area contributed by atoms with Gasteiger partial charge in [-0.2, -0.15) is 5.26 Å². The molecule has 0 bridgehead atoms. The SMILES string of the molecule is N#CCCN(C(=O)Cn1cnc2ccccc2c1=O)c1ccccc1. The van der Waals surface area contributed by atoms with E-state index in [4.69, 9.17) is 5.26 Å². The fourth-order valence-electron chi connectivity index (χ4n) is 2.62. The van der Waals surface area contributed by atoms with Crippen LogP contribution in [0, 0.1) is 11.3 Å². The first-order valence-electron chi connectivity index (χ1n) is 7.87. The molecule has 0 spiro atoms. The van der Waals surface area contributed by atoms with E-state index in [1.54, 1.807) is 30.3 Å². The Balaban J connectivity index is 1.90. The monoisotopic (exact) mass is 332 g/mol. The van der Waals surface area contributed by atoms with Crippen LogP contribution in [0.15, 0.2) is 65.7 Å². The Kier molecular flexibility index (Phi) is 4.86. The van der Waals surface area contributed by atoms with E-state index in [-0.39, 0.29) is 31.0 Å². The molecule has 0 aliphatic rings. The van der Waals surface area contributed by atoms with Gasteiger partial charge in [-0.25, -0.2) is 4.98 Å². The van der Waals surface area contributed by atoms with Crippen molar-refractivity contribution in [3.63, 3.8) is 0 Å². The highest BCUT2D eigenvalue weighted by Gasteiger charge is 2.17. The Morgan fingerprint density at radius 2 is 1.84 bits per heavy atom. The van der Waals surface area contributed by atoms with Crippen molar-refractivity contribution in [3.8, 4) is 6.07 Å². The maximum Gasteiger partial charge on any atom is 0.261 e. The number of amides is 1. The van der Waals surface area contributed by atoms with Gasteiger partial charge in [-0.3, -0.25) is 14.2 Å². The van der Waals surface area contributed by atoms with Gasteiger partial charge < -0.3 is 4.90 Å². The molecule has 0 unspecified atom stereocenters. The van der Waals surface area contributed by atoms with Crippen molar-refractivity contribution >= 4 is 22.5 Å². The number of rotatable bonds is 5. The third-order valence-electron chi connectivity index (χ3n) is 3.85. The lowest BCUT2D eigenvalue weighted by molar-refractivity contribution is -0.119. The van der Waals surface area contributed by atoms with Crippen LogP contribution in [0.5, 0.6) is 0 Å². The van der Waals surface area contributed by atoms with Crippen molar-refractivity contribution in [3.05, 3.63) is 71.3 Å². The van der Waals surface area contributed by atoms with Crippen molar-refractivity contribution in [2.75, 3.05) is 11.4 Å². The number of para-hydroxylation sites is 2. The second-order valence-corrected chi connectivity index (χ2v) is 5.48. The fraction of sp³-hybridized carbons (Fsp3) is 0.158. The van der Waals surface area contributed by atoms with Crippen LogP contribution in [-0.4, -0.2) is 22.0 Å². The number of fused-ring (bicyclic) bond motifs is 1. The molecule has 0 atom stereocenters. The zero-order valence-corrected chi connectivity index (χ0v) is 13.5. The van der Waals surface area contributed by atoms with Gasteiger partial charge in [-0.1, -0.05) is 30.3 Å². The summed E-state index contributed by atoms with van der Waals surface area (Å²) >= 11 is 0. The normalized spacial score (nSPS) is 10.4. The number of hydrogen-bond acceptors (Lipinski definition) is 4. The largest absolute Gasteiger partial charge is 0.310 e. The third kappa shape index (κ3) is 3.56. The molecule has 0 aliphatic carbocycles. The van der Waals surface area contributed by atoms with Crippen LogP contribution in [0.3, 0.4) is 0 Å². The minimum absolute atomic E-state index is 0.128. The van der Waals surface area contributed by atoms with Crippen LogP contribution in [0.4, 0.5) is 5.69 Å². The van der Waals surface area contributed by atoms with Gasteiger partial charge in [-0.05, 0) is 24.3 Å². The Morgan fingerprint density at radius 3 is 2.60 bits per heavy atom. The molecule has 0 N–H and O–H groups in total. The molecular weight excluding hydrogens is 316 g/mol. The van der Waals surface area contributed by atoms with E-state index >= 15 is 0 Å². The van der Waals surface area contributed by atoms with Gasteiger partial charge in [0, 0.05) is 12.2 Å². The first kappa shape index (κ1) is 16.4. The lowest BCUT2D eigenvalue weighted by Crippen LogP contribution is -2.37. The molecule has 1 aromatic heterocycles. The number of anilines is 1. The topological polar surface area (TPSA) is 79.0 Å². The average Bonchev–Trinajstić information content (AvgIpc) is 2.65. The molecule has 3 rings (SSSR count). The Morgan fingerprint density at radius 1 is 1.12 bits per heavy atom. The zero-order valence-electron chi connectivity index (χ0n) is 13.5. The number of hydrogen-bond donors (Lipinski definition) is 0. The van der Waals surface area contributed by atoms with Crippen molar-refractivity contribution in [2.45, 2.75) is 13.0 Å². The van der Waals surface area contributed by atoms with Gasteiger partial charge in [0.2, 0.25) is 5.91 Å². The summed E-state index contributed by atoms with van der Waals surface area (Å²) in [5.41, 5.74) is 1.04. The number of aromatic nitrogens is 2. The minimum Gasteiger partial charge on any atom is -0.310 e. The molecule has 1 heterocycles. The van der Waals surface area contributed by atoms with Gasteiger partial charge in [-0.15, -0.1) is 0 Å². The summed E-state index contributed by atoms with van der Waals surface area (Å²) in [6, 6.07) is 18.2. The molecule has 6 nitrogen and oxygen atoms in total. The summed E-state index contributed by atoms with van der Waals surface area (Å²) in [5.74, 6) is -0.263. The molecule has 2 aromatic carbocycles. The number of carbonyl (C=O) groups excluding carboxylic acids is 1. The second kappa shape index (κ2) is 7.41. The van der Waals surface area contributed by atoms with E-state index in [1.165, 1.54) is 15.8 Å². The first-order valence-corrected chi connectivity index (χ1v) is 7.87. The Labute approximate surface area is 144 Å². The summed E-state index contributed by atoms with van der Waals surface area (Å²) < 4.78 is 1.30. The standard InChI is InChI=1S/C19H16N4O2/c20-11-6-12-23(15-7-2-1-3-8-15)18(24)13-22-14-21-17-10-5-4-9-16(17)19(22)25/h1-5,7-10,14H,6,12-13H2. The van der Waals surface area contributed by atoms with E-state index in [9.17, 15) is 9.59 Å². The lowest BCUT2D eigenvalue weighted by atomic mass is 10.2. The molecule has 0 radical (unpaired) electrons. The quantitative estimate of drug-likeness (QED) is 0.718. The van der Waals surface area contributed by atoms with Gasteiger partial charge in [0.1, 0.15) is 6.54 Å². The van der Waals surface area contributed by atoms with Crippen molar-refractivity contribution in [2.24, 2.45) is 0 Å². The van der Waals surface area contributed by atoms with Crippen molar-refractivity contribution in [1.82, 2.24) is 9.55 Å². The highest BCUT2D eigenvalue weighted by Crippen LogP contribution is 2.14. The molecule has 0 saturated heterocycles. The Hall–Kier alpha value is -3.46. The van der Waals surface area contributed by atoms with Gasteiger partial charge >= 0.3 is 0 Å². The molecule has 124 valence electrons. The molecule has 0 aliphatic heterocycles. The van der Waals surface area contributed by atoms with Crippen LogP contribution in [0.2, 0.25) is 0 Å². The molecule has 3 aromatic rings. The summed E-state index contributed by atoms with van der Waals surface area (Å²) in [5, 5.41) is 9.32. The van der Waals surface area contributed by atoms with Gasteiger partial charge in [0.25, 0.3) is 5.56 Å². The van der Waals surface area contributed by atoms with Gasteiger partial charge in [0.05, 0.1) is 29.7 Å². The predicted molar refractivity (Wildman–Crippen MR) is 95.0 cm³/mol. The first-order chi connectivity index (χ1) is 12.2. The molecule has 25 heavy (non-hydrogen) atoms. The lowest BCUT2D eigenvalue weighted by Gasteiger charge is -2.22. The van der Waals surface area contributed by atoms with Crippen LogP contribution in [0.1, 0.15) is 6.42 Å². The fourth-order valence-corrected chi connectivity index (χ4v) is 2.62. The summed E-state index contributed by atoms with van der Waals surface area (Å²) in [6.45, 7) is 0.145. The predicted octanol–water partition coefficient (Wildman–Crippen LogP) is 2.34. The van der Waals surface area contributed by atoms with E-state index in [0.29, 0.717) is 16.6 Å². The summed E-state index contributed by atoms with van der Waals surface area (Å²) in [7, 11) is 0. The highest BCUT2D eigenvalue weighted by molar-refractivity contribution is 5.93. The molecular formula is C19H16N4O2. The van der Waals surface area contributed by atoms with Crippen molar-refractivity contribution in [1.29, 1.82) is 5.26 Å². The van der Waals surface area contributed by atoms with E-state index in [0.717, 1.165) is 0 Å². The van der Waals surface area contributed by atoms with E-state index < -0.39 is 0 Å². The zero-order chi connectivity index (χ0) is 17.6. The van der Waals surface area contributed by atoms with Crippen LogP contribution < -0.4 is 10.5 Å². The molecule has 1 amide bonds. The molecule has 0 saturated carbocycles. The van der Waals surface area contributed by atoms with E-state index in [2.05, 4.69) is 4.98 Å². The Bertz CT molecular complexity index is 989. The van der Waals surface area contributed by atoms with Crippen LogP contribution >= 0.6 is 0 Å². The summed E-state index contributed by atoms with van der Waals surface area (Å²) in [4.78, 5) is 31.0. The third-order valence-corrected chi connectivity index (χ3v) is 3.85. The number of nitrogens with zero attached hydrogens (tertiary/aromatic N) is 4. The maximum atomic E-state index is 12.7. The number of nitriles is 1. The van der Waals surface area contributed by atoms with Crippen LogP contribution in [0.25, 0.3) is 10.9 Å².